The third-order valence-corrected chi connectivity index (χ3v) is 3.50. The van der Waals surface area contributed by atoms with Crippen molar-refractivity contribution in [1.82, 2.24) is 0 Å². The number of Topliss-reactive ketones (excluding diaryl/α,β-unsaturated/α-hetero) is 1. The number of benzene rings is 1. The minimum absolute atomic E-state index is 0.0487. The topological polar surface area (TPSA) is 83.8 Å². The van der Waals surface area contributed by atoms with Gasteiger partial charge in [-0.3, -0.25) is 4.79 Å². The van der Waals surface area contributed by atoms with E-state index in [0.717, 1.165) is 6.07 Å². The molecule has 0 aromatic heterocycles. The summed E-state index contributed by atoms with van der Waals surface area (Å²) in [5.41, 5.74) is -0.170. The second-order valence-electron chi connectivity index (χ2n) is 4.85. The smallest absolute Gasteiger partial charge is 0.345 e. The Hall–Kier alpha value is -2.37. The van der Waals surface area contributed by atoms with Gasteiger partial charge in [0.15, 0.2) is 17.3 Å². The molecular formula is C15H15FO5. The van der Waals surface area contributed by atoms with Crippen molar-refractivity contribution in [2.75, 3.05) is 6.61 Å². The van der Waals surface area contributed by atoms with Crippen LogP contribution in [0.25, 0.3) is 5.76 Å². The molecule has 112 valence electrons. The quantitative estimate of drug-likeness (QED) is 0.646. The van der Waals surface area contributed by atoms with Crippen molar-refractivity contribution >= 4 is 17.5 Å². The number of hydrogen-bond acceptors (Lipinski definition) is 5. The molecule has 0 radical (unpaired) electrons. The van der Waals surface area contributed by atoms with Gasteiger partial charge >= 0.3 is 5.97 Å². The Morgan fingerprint density at radius 1 is 1.43 bits per heavy atom. The lowest BCUT2D eigenvalue weighted by molar-refractivity contribution is -0.140. The Morgan fingerprint density at radius 2 is 2.05 bits per heavy atom. The highest BCUT2D eigenvalue weighted by molar-refractivity contribution is 6.25. The van der Waals surface area contributed by atoms with E-state index >= 15 is 0 Å². The number of ether oxygens (including phenoxy) is 1. The molecule has 1 atom stereocenters. The maximum atomic E-state index is 14.1. The van der Waals surface area contributed by atoms with Crippen LogP contribution in [-0.2, 0) is 14.3 Å². The van der Waals surface area contributed by atoms with Crippen molar-refractivity contribution in [2.24, 2.45) is 0 Å². The minimum Gasteiger partial charge on any atom is -0.506 e. The van der Waals surface area contributed by atoms with Crippen LogP contribution < -0.4 is 0 Å². The second-order valence-corrected chi connectivity index (χ2v) is 4.85. The molecule has 2 N–H and O–H groups in total. The molecule has 6 heteroatoms. The predicted octanol–water partition coefficient (Wildman–Crippen LogP) is 2.36. The summed E-state index contributed by atoms with van der Waals surface area (Å²) in [7, 11) is 0. The van der Waals surface area contributed by atoms with Crippen molar-refractivity contribution in [3.63, 3.8) is 0 Å². The number of ketones is 1. The first-order chi connectivity index (χ1) is 9.81. The lowest BCUT2D eigenvalue weighted by Crippen LogP contribution is -2.27. The van der Waals surface area contributed by atoms with E-state index in [1.165, 1.54) is 6.92 Å². The van der Waals surface area contributed by atoms with E-state index in [9.17, 15) is 24.2 Å². The molecule has 0 aliphatic heterocycles. The second kappa shape index (κ2) is 5.20. The number of aliphatic hydroxyl groups is 1. The molecule has 21 heavy (non-hydrogen) atoms. The molecule has 0 fully saturated rings. The van der Waals surface area contributed by atoms with Crippen molar-refractivity contribution < 1.29 is 28.9 Å². The number of aryl methyl sites for hydroxylation is 1. The van der Waals surface area contributed by atoms with E-state index < -0.39 is 40.6 Å². The van der Waals surface area contributed by atoms with Gasteiger partial charge in [0, 0.05) is 17.0 Å². The molecule has 0 saturated heterocycles. The molecule has 0 heterocycles. The molecule has 1 aliphatic rings. The number of rotatable bonds is 2. The molecule has 1 unspecified atom stereocenters. The van der Waals surface area contributed by atoms with Gasteiger partial charge < -0.3 is 14.9 Å². The van der Waals surface area contributed by atoms with Crippen LogP contribution in [0, 0.1) is 12.7 Å². The van der Waals surface area contributed by atoms with Crippen LogP contribution in [0.1, 0.15) is 36.5 Å². The Labute approximate surface area is 120 Å². The van der Waals surface area contributed by atoms with Crippen molar-refractivity contribution in [2.45, 2.75) is 26.7 Å². The third-order valence-electron chi connectivity index (χ3n) is 3.50. The maximum absolute atomic E-state index is 14.1. The van der Waals surface area contributed by atoms with Crippen LogP contribution in [0.4, 0.5) is 4.39 Å². The van der Waals surface area contributed by atoms with Crippen LogP contribution in [0.2, 0.25) is 0 Å². The predicted molar refractivity (Wildman–Crippen MR) is 72.4 cm³/mol. The summed E-state index contributed by atoms with van der Waals surface area (Å²) in [4.78, 5) is 24.1. The molecule has 0 spiro atoms. The first-order valence-corrected chi connectivity index (χ1v) is 6.48. The molecule has 1 aliphatic carbocycles. The van der Waals surface area contributed by atoms with Crippen LogP contribution in [0.3, 0.4) is 0 Å². The van der Waals surface area contributed by atoms with Gasteiger partial charge in [0.2, 0.25) is 0 Å². The van der Waals surface area contributed by atoms with E-state index in [4.69, 9.17) is 4.74 Å². The van der Waals surface area contributed by atoms with Gasteiger partial charge in [0.05, 0.1) is 6.61 Å². The maximum Gasteiger partial charge on any atom is 0.345 e. The van der Waals surface area contributed by atoms with Gasteiger partial charge in [0.25, 0.3) is 0 Å². The van der Waals surface area contributed by atoms with Crippen LogP contribution in [-0.4, -0.2) is 28.6 Å². The lowest BCUT2D eigenvalue weighted by atomic mass is 9.79. The minimum atomic E-state index is -0.999. The summed E-state index contributed by atoms with van der Waals surface area (Å²) in [6.45, 7) is 4.57. The molecule has 2 rings (SSSR count). The van der Waals surface area contributed by atoms with Gasteiger partial charge in [-0.15, -0.1) is 0 Å². The number of esters is 1. The zero-order valence-corrected chi connectivity index (χ0v) is 11.9. The molecule has 1 aromatic carbocycles. The fourth-order valence-electron chi connectivity index (χ4n) is 2.51. The molecule has 0 amide bonds. The van der Waals surface area contributed by atoms with E-state index in [0.29, 0.717) is 5.56 Å². The Balaban J connectivity index is 2.78. The largest absolute Gasteiger partial charge is 0.506 e. The number of aliphatic hydroxyl groups excluding tert-OH is 1. The van der Waals surface area contributed by atoms with Gasteiger partial charge in [-0.05, 0) is 25.5 Å². The number of phenols is 1. The number of halogens is 1. The summed E-state index contributed by atoms with van der Waals surface area (Å²) in [6.07, 6.45) is 0. The first-order valence-electron chi connectivity index (χ1n) is 6.48. The van der Waals surface area contributed by atoms with Gasteiger partial charge in [0.1, 0.15) is 11.3 Å². The molecule has 0 bridgehead atoms. The number of carbonyl (C=O) groups is 2. The summed E-state index contributed by atoms with van der Waals surface area (Å²) in [5, 5.41) is 19.7. The Bertz CT molecular complexity index is 675. The average Bonchev–Trinajstić information content (AvgIpc) is 2.40. The number of hydrogen-bond donors (Lipinski definition) is 2. The van der Waals surface area contributed by atoms with Crippen LogP contribution in [0.5, 0.6) is 5.75 Å². The molecule has 0 saturated carbocycles. The fourth-order valence-corrected chi connectivity index (χ4v) is 2.51. The monoisotopic (exact) mass is 294 g/mol. The van der Waals surface area contributed by atoms with Gasteiger partial charge in [-0.2, -0.15) is 0 Å². The Morgan fingerprint density at radius 3 is 2.62 bits per heavy atom. The lowest BCUT2D eigenvalue weighted by Gasteiger charge is -2.25. The third kappa shape index (κ3) is 2.16. The zero-order valence-electron chi connectivity index (χ0n) is 11.9. The number of fused-ring (bicyclic) bond motifs is 1. The fraction of sp³-hybridized carbons (Fsp3) is 0.333. The van der Waals surface area contributed by atoms with Crippen molar-refractivity contribution in [1.29, 1.82) is 0 Å². The van der Waals surface area contributed by atoms with Gasteiger partial charge in [-0.1, -0.05) is 6.92 Å². The normalized spacial score (nSPS) is 17.7. The van der Waals surface area contributed by atoms with Crippen molar-refractivity contribution in [3.8, 4) is 5.75 Å². The van der Waals surface area contributed by atoms with E-state index in [1.807, 2.05) is 0 Å². The summed E-state index contributed by atoms with van der Waals surface area (Å²) in [6, 6.07) is 1.13. The molecule has 5 nitrogen and oxygen atoms in total. The summed E-state index contributed by atoms with van der Waals surface area (Å²) in [5.74, 6) is -4.85. The standard InChI is InChI=1S/C15H15FO5/c1-4-21-15(20)11-13(18)7(3)10-9(14(11)19)6(2)5-8(17)12(10)16/h5,7,17,19H,4H2,1-3H3. The molecule has 1 aromatic rings. The van der Waals surface area contributed by atoms with E-state index in [-0.39, 0.29) is 17.7 Å². The number of aromatic hydroxyl groups is 1. The highest BCUT2D eigenvalue weighted by Gasteiger charge is 2.39. The zero-order chi connectivity index (χ0) is 15.9. The Kier molecular flexibility index (Phi) is 3.72. The van der Waals surface area contributed by atoms with Crippen LogP contribution in [0.15, 0.2) is 11.6 Å². The number of phenolic OH excluding ortho intramolecular Hbond substituents is 1. The highest BCUT2D eigenvalue weighted by atomic mass is 19.1. The molecular weight excluding hydrogens is 279 g/mol. The SMILES string of the molecule is CCOC(=O)C1=C(O)c2c(C)cc(O)c(F)c2C(C)C1=O. The first kappa shape index (κ1) is 15.0. The average molecular weight is 294 g/mol. The van der Waals surface area contributed by atoms with E-state index in [1.54, 1.807) is 13.8 Å². The highest BCUT2D eigenvalue weighted by Crippen LogP contribution is 2.41. The van der Waals surface area contributed by atoms with Gasteiger partial charge in [-0.25, -0.2) is 9.18 Å². The van der Waals surface area contributed by atoms with Crippen LogP contribution >= 0.6 is 0 Å². The summed E-state index contributed by atoms with van der Waals surface area (Å²) >= 11 is 0. The van der Waals surface area contributed by atoms with E-state index in [2.05, 4.69) is 0 Å². The summed E-state index contributed by atoms with van der Waals surface area (Å²) < 4.78 is 18.8. The number of carbonyl (C=O) groups excluding carboxylic acids is 2. The van der Waals surface area contributed by atoms with Crippen molar-refractivity contribution in [3.05, 3.63) is 34.1 Å².